The molecule has 0 atom stereocenters. The van der Waals surface area contributed by atoms with Crippen LogP contribution in [0.15, 0.2) is 0 Å². The molecule has 0 bridgehead atoms. The molecule has 0 aromatic heterocycles. The van der Waals surface area contributed by atoms with Crippen molar-refractivity contribution in [3.8, 4) is 0 Å². The Labute approximate surface area is 68.2 Å². The third-order valence-corrected chi connectivity index (χ3v) is 2.06. The summed E-state index contributed by atoms with van der Waals surface area (Å²) in [4.78, 5) is 5.10. The summed E-state index contributed by atoms with van der Waals surface area (Å²) in [6.07, 6.45) is 2.66. The van der Waals surface area contributed by atoms with E-state index in [4.69, 9.17) is 9.57 Å². The molecule has 11 heavy (non-hydrogen) atoms. The summed E-state index contributed by atoms with van der Waals surface area (Å²) in [5.74, 6) is 0. The van der Waals surface area contributed by atoms with E-state index in [2.05, 4.69) is 0 Å². The van der Waals surface area contributed by atoms with Crippen LogP contribution in [0, 0.1) is 0 Å². The Morgan fingerprint density at radius 2 is 2.00 bits per heavy atom. The van der Waals surface area contributed by atoms with Crippen LogP contribution < -0.4 is 0 Å². The highest BCUT2D eigenvalue weighted by Gasteiger charge is 2.18. The largest absolute Gasteiger partial charge is 0.378 e. The molecule has 0 aromatic carbocycles. The quantitative estimate of drug-likeness (QED) is 0.614. The van der Waals surface area contributed by atoms with Crippen LogP contribution in [0.4, 0.5) is 0 Å². The Morgan fingerprint density at radius 1 is 1.36 bits per heavy atom. The van der Waals surface area contributed by atoms with Gasteiger partial charge < -0.3 is 9.57 Å². The number of nitrogens with zero attached hydrogens (tertiary/aromatic N) is 1. The molecule has 1 saturated heterocycles. The van der Waals surface area contributed by atoms with Crippen molar-refractivity contribution in [2.24, 2.45) is 0 Å². The SMILES string of the molecule is CCOC1CCN(OC)CC1. The molecule has 1 fully saturated rings. The monoisotopic (exact) mass is 159 g/mol. The summed E-state index contributed by atoms with van der Waals surface area (Å²) < 4.78 is 5.49. The third kappa shape index (κ3) is 2.77. The Balaban J connectivity index is 2.14. The Bertz CT molecular complexity index is 100. The molecule has 1 heterocycles. The standard InChI is InChI=1S/C8H17NO2/c1-3-11-8-4-6-9(10-2)7-5-8/h8H,3-7H2,1-2H3. The lowest BCUT2D eigenvalue weighted by molar-refractivity contribution is -0.159. The zero-order valence-electron chi connectivity index (χ0n) is 7.38. The van der Waals surface area contributed by atoms with E-state index < -0.39 is 0 Å². The molecule has 0 saturated carbocycles. The van der Waals surface area contributed by atoms with Gasteiger partial charge in [-0.1, -0.05) is 0 Å². The van der Waals surface area contributed by atoms with Crippen LogP contribution in [-0.4, -0.2) is 38.0 Å². The van der Waals surface area contributed by atoms with Crippen molar-refractivity contribution in [2.75, 3.05) is 26.8 Å². The molecule has 0 unspecified atom stereocenters. The zero-order chi connectivity index (χ0) is 8.10. The maximum atomic E-state index is 5.49. The maximum absolute atomic E-state index is 5.49. The highest BCUT2D eigenvalue weighted by Crippen LogP contribution is 2.12. The molecule has 0 amide bonds. The van der Waals surface area contributed by atoms with E-state index in [1.807, 2.05) is 12.0 Å². The van der Waals surface area contributed by atoms with E-state index in [1.54, 1.807) is 7.11 Å². The zero-order valence-corrected chi connectivity index (χ0v) is 7.38. The number of piperidine rings is 1. The molecule has 0 radical (unpaired) electrons. The van der Waals surface area contributed by atoms with Gasteiger partial charge in [-0.2, -0.15) is 5.06 Å². The second-order valence-corrected chi connectivity index (χ2v) is 2.77. The van der Waals surface area contributed by atoms with Gasteiger partial charge in [0.15, 0.2) is 0 Å². The van der Waals surface area contributed by atoms with Crippen LogP contribution in [0.5, 0.6) is 0 Å². The van der Waals surface area contributed by atoms with Gasteiger partial charge in [-0.25, -0.2) is 0 Å². The van der Waals surface area contributed by atoms with Crippen LogP contribution in [0.2, 0.25) is 0 Å². The molecule has 1 aliphatic heterocycles. The van der Waals surface area contributed by atoms with Crippen molar-refractivity contribution < 1.29 is 9.57 Å². The first-order valence-electron chi connectivity index (χ1n) is 4.27. The van der Waals surface area contributed by atoms with E-state index in [-0.39, 0.29) is 0 Å². The molecule has 1 aliphatic rings. The number of ether oxygens (including phenoxy) is 1. The van der Waals surface area contributed by atoms with Crippen LogP contribution >= 0.6 is 0 Å². The van der Waals surface area contributed by atoms with Gasteiger partial charge in [0.05, 0.1) is 13.2 Å². The summed E-state index contributed by atoms with van der Waals surface area (Å²) in [6.45, 7) is 4.88. The van der Waals surface area contributed by atoms with Crippen molar-refractivity contribution in [1.82, 2.24) is 5.06 Å². The van der Waals surface area contributed by atoms with Crippen LogP contribution in [0.25, 0.3) is 0 Å². The average molecular weight is 159 g/mol. The van der Waals surface area contributed by atoms with Crippen LogP contribution in [-0.2, 0) is 9.57 Å². The van der Waals surface area contributed by atoms with Gasteiger partial charge in [-0.3, -0.25) is 0 Å². The number of hydrogen-bond acceptors (Lipinski definition) is 3. The fraction of sp³-hybridized carbons (Fsp3) is 1.00. The second-order valence-electron chi connectivity index (χ2n) is 2.77. The molecular formula is C8H17NO2. The van der Waals surface area contributed by atoms with E-state index >= 15 is 0 Å². The molecule has 0 aromatic rings. The first-order valence-corrected chi connectivity index (χ1v) is 4.27. The fourth-order valence-electron chi connectivity index (χ4n) is 1.42. The minimum Gasteiger partial charge on any atom is -0.378 e. The summed E-state index contributed by atoms with van der Waals surface area (Å²) in [6, 6.07) is 0. The van der Waals surface area contributed by atoms with Gasteiger partial charge in [0.1, 0.15) is 0 Å². The highest BCUT2D eigenvalue weighted by atomic mass is 16.7. The van der Waals surface area contributed by atoms with Crippen molar-refractivity contribution >= 4 is 0 Å². The van der Waals surface area contributed by atoms with Crippen molar-refractivity contribution in [3.63, 3.8) is 0 Å². The summed E-state index contributed by atoms with van der Waals surface area (Å²) in [5, 5.41) is 1.98. The molecule has 0 N–H and O–H groups in total. The van der Waals surface area contributed by atoms with E-state index in [9.17, 15) is 0 Å². The van der Waals surface area contributed by atoms with Gasteiger partial charge >= 0.3 is 0 Å². The first-order chi connectivity index (χ1) is 5.36. The summed E-state index contributed by atoms with van der Waals surface area (Å²) >= 11 is 0. The molecule has 3 nitrogen and oxygen atoms in total. The lowest BCUT2D eigenvalue weighted by Gasteiger charge is -2.29. The predicted molar refractivity (Wildman–Crippen MR) is 43.2 cm³/mol. The minimum atomic E-state index is 0.464. The van der Waals surface area contributed by atoms with Gasteiger partial charge in [0, 0.05) is 19.7 Å². The van der Waals surface area contributed by atoms with Crippen molar-refractivity contribution in [3.05, 3.63) is 0 Å². The lowest BCUT2D eigenvalue weighted by atomic mass is 10.1. The van der Waals surface area contributed by atoms with Gasteiger partial charge in [-0.15, -0.1) is 0 Å². The Hall–Kier alpha value is -0.120. The average Bonchev–Trinajstić information content (AvgIpc) is 2.07. The minimum absolute atomic E-state index is 0.464. The summed E-state index contributed by atoms with van der Waals surface area (Å²) in [5.41, 5.74) is 0. The van der Waals surface area contributed by atoms with Crippen molar-refractivity contribution in [2.45, 2.75) is 25.9 Å². The van der Waals surface area contributed by atoms with E-state index in [0.717, 1.165) is 32.5 Å². The Morgan fingerprint density at radius 3 is 2.45 bits per heavy atom. The maximum Gasteiger partial charge on any atom is 0.0601 e. The third-order valence-electron chi connectivity index (χ3n) is 2.06. The number of rotatable bonds is 3. The fourth-order valence-corrected chi connectivity index (χ4v) is 1.42. The summed E-state index contributed by atoms with van der Waals surface area (Å²) in [7, 11) is 1.72. The van der Waals surface area contributed by atoms with E-state index in [0.29, 0.717) is 6.10 Å². The Kier molecular flexibility index (Phi) is 3.83. The van der Waals surface area contributed by atoms with Gasteiger partial charge in [-0.05, 0) is 19.8 Å². The van der Waals surface area contributed by atoms with Gasteiger partial charge in [0.2, 0.25) is 0 Å². The van der Waals surface area contributed by atoms with Gasteiger partial charge in [0.25, 0.3) is 0 Å². The van der Waals surface area contributed by atoms with E-state index in [1.165, 1.54) is 0 Å². The molecule has 66 valence electrons. The number of hydroxylamine groups is 2. The molecular weight excluding hydrogens is 142 g/mol. The molecule has 0 spiro atoms. The predicted octanol–water partition coefficient (Wildman–Crippen LogP) is 1.05. The van der Waals surface area contributed by atoms with Crippen LogP contribution in [0.1, 0.15) is 19.8 Å². The lowest BCUT2D eigenvalue weighted by Crippen LogP contribution is -2.36. The molecule has 1 rings (SSSR count). The van der Waals surface area contributed by atoms with Crippen molar-refractivity contribution in [1.29, 1.82) is 0 Å². The first kappa shape index (κ1) is 8.97. The smallest absolute Gasteiger partial charge is 0.0601 e. The molecule has 3 heteroatoms. The normalized spacial score (nSPS) is 22.4. The number of hydrogen-bond donors (Lipinski definition) is 0. The highest BCUT2D eigenvalue weighted by molar-refractivity contribution is 4.67. The van der Waals surface area contributed by atoms with Crippen LogP contribution in [0.3, 0.4) is 0 Å². The second kappa shape index (κ2) is 4.70. The topological polar surface area (TPSA) is 21.7 Å². The molecule has 0 aliphatic carbocycles.